The van der Waals surface area contributed by atoms with Crippen LogP contribution in [-0.4, -0.2) is 119 Å². The molecule has 0 saturated carbocycles. The van der Waals surface area contributed by atoms with Gasteiger partial charge in [0.1, 0.15) is 47.0 Å². The van der Waals surface area contributed by atoms with Crippen LogP contribution in [0.5, 0.6) is 11.5 Å². The van der Waals surface area contributed by atoms with Crippen LogP contribution in [0.3, 0.4) is 0 Å². The lowest BCUT2D eigenvalue weighted by molar-refractivity contribution is 0.0808. The van der Waals surface area contributed by atoms with E-state index in [1.807, 2.05) is 9.80 Å². The zero-order valence-corrected chi connectivity index (χ0v) is 35.9. The fraction of sp³-hybridized carbons (Fsp3) is 0.348. The van der Waals surface area contributed by atoms with Gasteiger partial charge in [-0.2, -0.15) is 0 Å². The molecule has 0 spiro atoms. The molecule has 6 aromatic rings. The first-order valence-electron chi connectivity index (χ1n) is 21.2. The van der Waals surface area contributed by atoms with Crippen molar-refractivity contribution in [3.63, 3.8) is 0 Å². The standard InChI is InChI=1S/2C23H23FN4O4.ClH/c2*24-14-5-6-19-18(11-14)22(27-21(26-19)17-3-1-2-4-20(17)29)28-9-7-15(12-28)25-23(30)32-16-8-10-31-13-16;/h2*1-6,11,15-16,29H,7-10,12-13H2,(H,25,30);1H/t2*15-,16+;/m11./s1. The van der Waals surface area contributed by atoms with E-state index in [0.717, 1.165) is 0 Å². The van der Waals surface area contributed by atoms with E-state index in [4.69, 9.17) is 18.9 Å². The first kappa shape index (κ1) is 45.0. The molecule has 0 aliphatic carbocycles. The topological polar surface area (TPSA) is 194 Å². The number of amides is 2. The van der Waals surface area contributed by atoms with Crippen LogP contribution in [0.2, 0.25) is 0 Å². The minimum absolute atomic E-state index is 0. The molecule has 4 atom stereocenters. The van der Waals surface area contributed by atoms with Crippen molar-refractivity contribution in [2.45, 2.75) is 50.0 Å². The number of aromatic hydroxyl groups is 2. The monoisotopic (exact) mass is 912 g/mol. The number of hydrogen-bond donors (Lipinski definition) is 4. The van der Waals surface area contributed by atoms with E-state index in [1.165, 1.54) is 24.3 Å². The summed E-state index contributed by atoms with van der Waals surface area (Å²) in [4.78, 5) is 46.9. The number of alkyl carbamates (subject to hydrolysis) is 2. The second kappa shape index (κ2) is 20.0. The Morgan fingerprint density at radius 1 is 0.615 bits per heavy atom. The molecule has 19 heteroatoms. The molecule has 4 aromatic carbocycles. The summed E-state index contributed by atoms with van der Waals surface area (Å²) in [5.74, 6) is 1.22. The van der Waals surface area contributed by atoms with Crippen LogP contribution in [0.1, 0.15) is 25.7 Å². The molecule has 4 saturated heterocycles. The maximum absolute atomic E-state index is 14.0. The van der Waals surface area contributed by atoms with E-state index in [0.29, 0.717) is 135 Å². The molecular formula is C46H47ClF2N8O8. The number of benzene rings is 4. The lowest BCUT2D eigenvalue weighted by Gasteiger charge is -2.21. The Labute approximate surface area is 378 Å². The summed E-state index contributed by atoms with van der Waals surface area (Å²) in [6.07, 6.45) is 1.48. The predicted octanol–water partition coefficient (Wildman–Crippen LogP) is 6.89. The Balaban J connectivity index is 0.000000175. The molecule has 10 rings (SSSR count). The Bertz CT molecular complexity index is 2490. The number of para-hydroxylation sites is 2. The van der Waals surface area contributed by atoms with E-state index in [2.05, 4.69) is 30.6 Å². The summed E-state index contributed by atoms with van der Waals surface area (Å²) >= 11 is 0. The van der Waals surface area contributed by atoms with Gasteiger partial charge in [-0.1, -0.05) is 24.3 Å². The highest BCUT2D eigenvalue weighted by atomic mass is 35.5. The number of nitrogens with zero attached hydrogens (tertiary/aromatic N) is 6. The van der Waals surface area contributed by atoms with Crippen LogP contribution in [0.4, 0.5) is 30.0 Å². The first-order chi connectivity index (χ1) is 31.1. The summed E-state index contributed by atoms with van der Waals surface area (Å²) in [5, 5.41) is 27.5. The third-order valence-electron chi connectivity index (χ3n) is 11.5. The third-order valence-corrected chi connectivity index (χ3v) is 11.5. The molecule has 0 radical (unpaired) electrons. The minimum Gasteiger partial charge on any atom is -0.507 e. The Morgan fingerprint density at radius 2 is 1.05 bits per heavy atom. The second-order valence-corrected chi connectivity index (χ2v) is 16.0. The summed E-state index contributed by atoms with van der Waals surface area (Å²) in [6.45, 7) is 4.31. The smallest absolute Gasteiger partial charge is 0.407 e. The van der Waals surface area contributed by atoms with E-state index in [1.54, 1.807) is 60.7 Å². The number of carbonyl (C=O) groups excluding carboxylic acids is 2. The van der Waals surface area contributed by atoms with Gasteiger partial charge in [0.2, 0.25) is 0 Å². The van der Waals surface area contributed by atoms with Crippen molar-refractivity contribution in [2.75, 3.05) is 62.4 Å². The van der Waals surface area contributed by atoms with Crippen molar-refractivity contribution in [1.82, 2.24) is 30.6 Å². The number of hydrogen-bond acceptors (Lipinski definition) is 14. The lowest BCUT2D eigenvalue weighted by atomic mass is 10.1. The normalized spacial score (nSPS) is 20.3. The quantitative estimate of drug-likeness (QED) is 0.123. The Kier molecular flexibility index (Phi) is 13.9. The van der Waals surface area contributed by atoms with Gasteiger partial charge in [-0.25, -0.2) is 38.3 Å². The molecule has 4 N–H and O–H groups in total. The molecule has 6 heterocycles. The van der Waals surface area contributed by atoms with Gasteiger partial charge in [0.15, 0.2) is 11.6 Å². The van der Waals surface area contributed by atoms with Crippen LogP contribution in [-0.2, 0) is 18.9 Å². The first-order valence-corrected chi connectivity index (χ1v) is 21.2. The van der Waals surface area contributed by atoms with E-state index >= 15 is 0 Å². The van der Waals surface area contributed by atoms with Crippen molar-refractivity contribution in [3.05, 3.63) is 96.6 Å². The number of anilines is 2. The number of nitrogens with one attached hydrogen (secondary N) is 2. The highest BCUT2D eigenvalue weighted by Crippen LogP contribution is 2.35. The maximum atomic E-state index is 14.0. The number of aromatic nitrogens is 4. The number of phenolic OH excluding ortho intramolecular Hbond substituents is 2. The molecule has 4 aliphatic rings. The maximum Gasteiger partial charge on any atom is 0.407 e. The van der Waals surface area contributed by atoms with Crippen LogP contribution < -0.4 is 20.4 Å². The van der Waals surface area contributed by atoms with Gasteiger partial charge >= 0.3 is 12.2 Å². The molecule has 2 amide bonds. The van der Waals surface area contributed by atoms with Crippen LogP contribution >= 0.6 is 12.4 Å². The summed E-state index contributed by atoms with van der Waals surface area (Å²) in [6, 6.07) is 22.1. The minimum atomic E-state index is -0.458. The Morgan fingerprint density at radius 3 is 1.45 bits per heavy atom. The van der Waals surface area contributed by atoms with Crippen molar-refractivity contribution >= 4 is 58.0 Å². The average Bonchev–Trinajstić information content (AvgIpc) is 4.15. The van der Waals surface area contributed by atoms with Gasteiger partial charge in [-0.05, 0) is 73.5 Å². The number of phenols is 2. The van der Waals surface area contributed by atoms with Gasteiger partial charge in [0, 0.05) is 49.8 Å². The summed E-state index contributed by atoms with van der Waals surface area (Å²) in [5.41, 5.74) is 2.14. The predicted molar refractivity (Wildman–Crippen MR) is 239 cm³/mol. The van der Waals surface area contributed by atoms with E-state index < -0.39 is 12.2 Å². The van der Waals surface area contributed by atoms with Crippen LogP contribution in [0.15, 0.2) is 84.9 Å². The molecule has 2 aromatic heterocycles. The second-order valence-electron chi connectivity index (χ2n) is 16.0. The van der Waals surface area contributed by atoms with E-state index in [-0.39, 0.29) is 59.8 Å². The molecule has 4 fully saturated rings. The molecule has 4 aliphatic heterocycles. The molecule has 65 heavy (non-hydrogen) atoms. The van der Waals surface area contributed by atoms with Gasteiger partial charge in [-0.3, -0.25) is 0 Å². The van der Waals surface area contributed by atoms with Crippen molar-refractivity contribution in [2.24, 2.45) is 0 Å². The van der Waals surface area contributed by atoms with E-state index in [9.17, 15) is 28.6 Å². The number of halogens is 3. The van der Waals surface area contributed by atoms with Gasteiger partial charge in [0.25, 0.3) is 0 Å². The summed E-state index contributed by atoms with van der Waals surface area (Å²) < 4.78 is 49.3. The van der Waals surface area contributed by atoms with Crippen LogP contribution in [0.25, 0.3) is 44.6 Å². The SMILES string of the molecule is Cl.O=C(N[C@@H]1CCN(c2nc(-c3ccccc3O)nc3ccc(F)cc23)C1)O[C@H]1CCOC1.O=C(N[C@@H]1CCN(c2nc(-c3ccccc3O)nc3ccc(F)cc23)C1)O[C@H]1CCOC1. The molecule has 0 unspecified atom stereocenters. The van der Waals surface area contributed by atoms with Gasteiger partial charge in [0.05, 0.1) is 60.7 Å². The lowest BCUT2D eigenvalue weighted by Crippen LogP contribution is -2.39. The van der Waals surface area contributed by atoms with Gasteiger partial charge in [-0.15, -0.1) is 12.4 Å². The Hall–Kier alpha value is -6.63. The number of rotatable bonds is 8. The molecular weight excluding hydrogens is 866 g/mol. The fourth-order valence-electron chi connectivity index (χ4n) is 8.27. The molecule has 0 bridgehead atoms. The molecule has 16 nitrogen and oxygen atoms in total. The highest BCUT2D eigenvalue weighted by Gasteiger charge is 2.31. The largest absolute Gasteiger partial charge is 0.507 e. The van der Waals surface area contributed by atoms with Crippen molar-refractivity contribution in [1.29, 1.82) is 0 Å². The number of fused-ring (bicyclic) bond motifs is 2. The van der Waals surface area contributed by atoms with Crippen LogP contribution in [0, 0.1) is 11.6 Å². The van der Waals surface area contributed by atoms with Gasteiger partial charge < -0.3 is 49.6 Å². The van der Waals surface area contributed by atoms with Crippen molar-refractivity contribution < 1.29 is 47.5 Å². The number of ether oxygens (including phenoxy) is 4. The zero-order chi connectivity index (χ0) is 44.2. The van der Waals surface area contributed by atoms with Crippen molar-refractivity contribution in [3.8, 4) is 34.3 Å². The zero-order valence-electron chi connectivity index (χ0n) is 35.1. The number of carbonyl (C=O) groups is 2. The highest BCUT2D eigenvalue weighted by molar-refractivity contribution is 5.93. The average molecular weight is 913 g/mol. The fourth-order valence-corrected chi connectivity index (χ4v) is 8.27. The summed E-state index contributed by atoms with van der Waals surface area (Å²) in [7, 11) is 0. The molecule has 340 valence electrons. The third kappa shape index (κ3) is 10.5.